The zero-order chi connectivity index (χ0) is 19.2. The highest BCUT2D eigenvalue weighted by atomic mass is 79.9. The predicted octanol–water partition coefficient (Wildman–Crippen LogP) is 2.80. The van der Waals surface area contributed by atoms with Crippen LogP contribution < -0.4 is 10.1 Å². The molecule has 0 fully saturated rings. The van der Waals surface area contributed by atoms with Crippen molar-refractivity contribution >= 4 is 37.4 Å². The molecule has 0 aliphatic carbocycles. The number of rotatable bonds is 8. The van der Waals surface area contributed by atoms with Gasteiger partial charge in [-0.1, -0.05) is 22.0 Å². The minimum atomic E-state index is -3.39. The molecule has 0 aliphatic heterocycles. The Balaban J connectivity index is 1.86. The van der Waals surface area contributed by atoms with E-state index in [-0.39, 0.29) is 29.6 Å². The van der Waals surface area contributed by atoms with Crippen molar-refractivity contribution in [3.05, 3.63) is 53.0 Å². The number of nitrogens with one attached hydrogen (secondary N) is 1. The average Bonchev–Trinajstić information content (AvgIpc) is 2.60. The molecule has 0 aliphatic rings. The van der Waals surface area contributed by atoms with E-state index in [1.165, 1.54) is 0 Å². The summed E-state index contributed by atoms with van der Waals surface area (Å²) in [5.41, 5.74) is 0.630. The molecule has 8 heteroatoms. The number of ether oxygens (including phenoxy) is 1. The van der Waals surface area contributed by atoms with Gasteiger partial charge in [0.1, 0.15) is 5.75 Å². The van der Waals surface area contributed by atoms with E-state index in [4.69, 9.17) is 4.74 Å². The van der Waals surface area contributed by atoms with Gasteiger partial charge in [-0.25, -0.2) is 8.42 Å². The van der Waals surface area contributed by atoms with E-state index in [9.17, 15) is 13.2 Å². The monoisotopic (exact) mass is 440 g/mol. The van der Waals surface area contributed by atoms with Crippen molar-refractivity contribution in [3.8, 4) is 5.75 Å². The lowest BCUT2D eigenvalue weighted by Gasteiger charge is -2.16. The number of anilines is 1. The summed E-state index contributed by atoms with van der Waals surface area (Å²) in [4.78, 5) is 14.1. The highest BCUT2D eigenvalue weighted by molar-refractivity contribution is 9.10. The molecule has 1 N–H and O–H groups in total. The first-order valence-corrected chi connectivity index (χ1v) is 10.4. The van der Waals surface area contributed by atoms with E-state index in [0.29, 0.717) is 11.4 Å². The molecule has 0 heterocycles. The molecular formula is C18H21BrN2O4S. The lowest BCUT2D eigenvalue weighted by atomic mass is 10.3. The van der Waals surface area contributed by atoms with Gasteiger partial charge in [0, 0.05) is 22.8 Å². The molecule has 1 amide bonds. The van der Waals surface area contributed by atoms with Crippen LogP contribution in [0, 0.1) is 0 Å². The van der Waals surface area contributed by atoms with Crippen LogP contribution in [0.25, 0.3) is 0 Å². The van der Waals surface area contributed by atoms with Gasteiger partial charge < -0.3 is 10.1 Å². The van der Waals surface area contributed by atoms with Crippen molar-refractivity contribution in [1.29, 1.82) is 0 Å². The Morgan fingerprint density at radius 1 is 1.19 bits per heavy atom. The van der Waals surface area contributed by atoms with Crippen molar-refractivity contribution in [2.75, 3.05) is 38.3 Å². The SMILES string of the molecule is COc1cccc(NC(=O)CN(C)CCS(=O)(=O)c2ccc(Br)cc2)c1. The standard InChI is InChI=1S/C18H21BrN2O4S/c1-21(10-11-26(23,24)17-8-6-14(19)7-9-17)13-18(22)20-15-4-3-5-16(12-15)25-2/h3-9,12H,10-11,13H2,1-2H3,(H,20,22). The van der Waals surface area contributed by atoms with Gasteiger partial charge in [-0.3, -0.25) is 9.69 Å². The van der Waals surface area contributed by atoms with E-state index in [1.807, 2.05) is 0 Å². The van der Waals surface area contributed by atoms with Gasteiger partial charge in [-0.2, -0.15) is 0 Å². The molecule has 0 saturated carbocycles. The number of carbonyl (C=O) groups is 1. The molecule has 2 rings (SSSR count). The summed E-state index contributed by atoms with van der Waals surface area (Å²) in [7, 11) is -0.120. The number of sulfone groups is 1. The van der Waals surface area contributed by atoms with Crippen LogP contribution in [-0.4, -0.2) is 52.2 Å². The van der Waals surface area contributed by atoms with E-state index >= 15 is 0 Å². The average molecular weight is 441 g/mol. The number of methoxy groups -OCH3 is 1. The van der Waals surface area contributed by atoms with Crippen molar-refractivity contribution < 1.29 is 17.9 Å². The number of halogens is 1. The molecular weight excluding hydrogens is 420 g/mol. The first-order valence-electron chi connectivity index (χ1n) is 7.91. The summed E-state index contributed by atoms with van der Waals surface area (Å²) in [5.74, 6) is 0.371. The molecule has 0 atom stereocenters. The van der Waals surface area contributed by atoms with Crippen molar-refractivity contribution in [1.82, 2.24) is 4.90 Å². The van der Waals surface area contributed by atoms with Crippen LogP contribution in [0.1, 0.15) is 0 Å². The summed E-state index contributed by atoms with van der Waals surface area (Å²) in [6, 6.07) is 13.6. The van der Waals surface area contributed by atoms with Crippen LogP contribution in [0.15, 0.2) is 57.9 Å². The number of carbonyl (C=O) groups excluding carboxylic acids is 1. The summed E-state index contributed by atoms with van der Waals surface area (Å²) in [5, 5.41) is 2.77. The summed E-state index contributed by atoms with van der Waals surface area (Å²) in [6.45, 7) is 0.344. The van der Waals surface area contributed by atoms with E-state index < -0.39 is 9.84 Å². The van der Waals surface area contributed by atoms with Gasteiger partial charge in [-0.05, 0) is 43.4 Å². The van der Waals surface area contributed by atoms with E-state index in [2.05, 4.69) is 21.2 Å². The van der Waals surface area contributed by atoms with Crippen LogP contribution in [0.5, 0.6) is 5.75 Å². The van der Waals surface area contributed by atoms with Gasteiger partial charge in [0.05, 0.1) is 24.3 Å². The summed E-state index contributed by atoms with van der Waals surface area (Å²) in [6.07, 6.45) is 0. The minimum absolute atomic E-state index is 0.0580. The lowest BCUT2D eigenvalue weighted by Crippen LogP contribution is -2.33. The fourth-order valence-electron chi connectivity index (χ4n) is 2.26. The third kappa shape index (κ3) is 6.12. The highest BCUT2D eigenvalue weighted by Gasteiger charge is 2.16. The maximum atomic E-state index is 12.3. The number of hydrogen-bond donors (Lipinski definition) is 1. The quantitative estimate of drug-likeness (QED) is 0.682. The van der Waals surface area contributed by atoms with E-state index in [1.54, 1.807) is 67.6 Å². The highest BCUT2D eigenvalue weighted by Crippen LogP contribution is 2.17. The largest absolute Gasteiger partial charge is 0.497 e. The van der Waals surface area contributed by atoms with Crippen LogP contribution in [0.4, 0.5) is 5.69 Å². The fourth-order valence-corrected chi connectivity index (χ4v) is 3.86. The molecule has 2 aromatic rings. The smallest absolute Gasteiger partial charge is 0.238 e. The van der Waals surface area contributed by atoms with Crippen LogP contribution in [0.2, 0.25) is 0 Å². The molecule has 6 nitrogen and oxygen atoms in total. The molecule has 0 aromatic heterocycles. The van der Waals surface area contributed by atoms with Crippen LogP contribution in [0.3, 0.4) is 0 Å². The number of benzene rings is 2. The Hall–Kier alpha value is -1.90. The predicted molar refractivity (Wildman–Crippen MR) is 105 cm³/mol. The molecule has 0 unspecified atom stereocenters. The fraction of sp³-hybridized carbons (Fsp3) is 0.278. The second kappa shape index (κ2) is 9.16. The normalized spacial score (nSPS) is 11.4. The third-order valence-corrected chi connectivity index (χ3v) is 5.92. The molecule has 0 radical (unpaired) electrons. The second-order valence-electron chi connectivity index (χ2n) is 5.79. The third-order valence-electron chi connectivity index (χ3n) is 3.68. The molecule has 140 valence electrons. The molecule has 0 bridgehead atoms. The van der Waals surface area contributed by atoms with Gasteiger partial charge in [0.25, 0.3) is 0 Å². The first kappa shape index (κ1) is 20.4. The maximum absolute atomic E-state index is 12.3. The summed E-state index contributed by atoms with van der Waals surface area (Å²) < 4.78 is 30.6. The molecule has 26 heavy (non-hydrogen) atoms. The van der Waals surface area contributed by atoms with E-state index in [0.717, 1.165) is 4.47 Å². The minimum Gasteiger partial charge on any atom is -0.497 e. The Morgan fingerprint density at radius 3 is 2.54 bits per heavy atom. The second-order valence-corrected chi connectivity index (χ2v) is 8.82. The van der Waals surface area contributed by atoms with Gasteiger partial charge in [-0.15, -0.1) is 0 Å². The number of amides is 1. The number of likely N-dealkylation sites (N-methyl/N-ethyl adjacent to an activating group) is 1. The van der Waals surface area contributed by atoms with Gasteiger partial charge in [0.2, 0.25) is 5.91 Å². The van der Waals surface area contributed by atoms with Crippen LogP contribution >= 0.6 is 15.9 Å². The Bertz CT molecular complexity index is 854. The molecule has 2 aromatic carbocycles. The first-order chi connectivity index (χ1) is 12.3. The number of nitrogens with zero attached hydrogens (tertiary/aromatic N) is 1. The zero-order valence-electron chi connectivity index (χ0n) is 14.6. The topological polar surface area (TPSA) is 75.7 Å². The van der Waals surface area contributed by atoms with Crippen LogP contribution in [-0.2, 0) is 14.6 Å². The number of hydrogen-bond acceptors (Lipinski definition) is 5. The van der Waals surface area contributed by atoms with Crippen molar-refractivity contribution in [3.63, 3.8) is 0 Å². The summed E-state index contributed by atoms with van der Waals surface area (Å²) >= 11 is 3.28. The Kier molecular flexibility index (Phi) is 7.19. The van der Waals surface area contributed by atoms with Gasteiger partial charge >= 0.3 is 0 Å². The van der Waals surface area contributed by atoms with Crippen molar-refractivity contribution in [2.45, 2.75) is 4.90 Å². The maximum Gasteiger partial charge on any atom is 0.238 e. The van der Waals surface area contributed by atoms with Gasteiger partial charge in [0.15, 0.2) is 9.84 Å². The van der Waals surface area contributed by atoms with Crippen molar-refractivity contribution in [2.24, 2.45) is 0 Å². The molecule has 0 saturated heterocycles. The Labute approximate surface area is 162 Å². The zero-order valence-corrected chi connectivity index (χ0v) is 17.0. The Morgan fingerprint density at radius 2 is 1.88 bits per heavy atom. The lowest BCUT2D eigenvalue weighted by molar-refractivity contribution is -0.117. The molecule has 0 spiro atoms.